The molecular weight excluding hydrogens is 410 g/mol. The second-order valence-corrected chi connectivity index (χ2v) is 9.34. The van der Waals surface area contributed by atoms with Crippen molar-refractivity contribution in [1.29, 1.82) is 0 Å². The van der Waals surface area contributed by atoms with Gasteiger partial charge in [-0.05, 0) is 30.5 Å². The van der Waals surface area contributed by atoms with Gasteiger partial charge in [-0.2, -0.15) is 13.1 Å². The number of piperidine rings is 1. The summed E-state index contributed by atoms with van der Waals surface area (Å²) >= 11 is 1.03. The SMILES string of the molecule is O=S(=O)(c1cccc2nsnc12)N1CCC(OCCOCc2ccccc2)CC1. The zero-order valence-corrected chi connectivity index (χ0v) is 17.6. The molecule has 1 aliphatic heterocycles. The van der Waals surface area contributed by atoms with E-state index in [2.05, 4.69) is 8.75 Å². The highest BCUT2D eigenvalue weighted by molar-refractivity contribution is 7.89. The molecule has 0 atom stereocenters. The Kier molecular flexibility index (Phi) is 6.51. The Labute approximate surface area is 174 Å². The van der Waals surface area contributed by atoms with Crippen molar-refractivity contribution in [2.45, 2.75) is 30.4 Å². The first-order valence-electron chi connectivity index (χ1n) is 9.59. The molecule has 7 nitrogen and oxygen atoms in total. The predicted molar refractivity (Wildman–Crippen MR) is 111 cm³/mol. The molecule has 0 amide bonds. The van der Waals surface area contributed by atoms with Crippen LogP contribution in [0.4, 0.5) is 0 Å². The van der Waals surface area contributed by atoms with Gasteiger partial charge < -0.3 is 9.47 Å². The largest absolute Gasteiger partial charge is 0.376 e. The average Bonchev–Trinajstić information content (AvgIpc) is 3.23. The molecule has 2 heterocycles. The molecule has 0 unspecified atom stereocenters. The zero-order valence-electron chi connectivity index (χ0n) is 15.9. The number of aromatic nitrogens is 2. The molecule has 1 aromatic heterocycles. The standard InChI is InChI=1S/C20H23N3O4S2/c24-29(25,19-8-4-7-18-20(19)22-28-21-18)23-11-9-17(10-12-23)27-14-13-26-15-16-5-2-1-3-6-16/h1-8,17H,9-15H2. The van der Waals surface area contributed by atoms with Crippen LogP contribution >= 0.6 is 11.7 Å². The van der Waals surface area contributed by atoms with E-state index >= 15 is 0 Å². The smallest absolute Gasteiger partial charge is 0.245 e. The number of benzene rings is 2. The number of hydrogen-bond donors (Lipinski definition) is 0. The van der Waals surface area contributed by atoms with Crippen molar-refractivity contribution >= 4 is 32.8 Å². The maximum absolute atomic E-state index is 13.0. The van der Waals surface area contributed by atoms with Crippen LogP contribution in [0.3, 0.4) is 0 Å². The van der Waals surface area contributed by atoms with E-state index < -0.39 is 10.0 Å². The van der Waals surface area contributed by atoms with Crippen LogP contribution < -0.4 is 0 Å². The van der Waals surface area contributed by atoms with E-state index in [9.17, 15) is 8.42 Å². The molecule has 1 aliphatic rings. The zero-order chi connectivity index (χ0) is 20.1. The average molecular weight is 434 g/mol. The first kappa shape index (κ1) is 20.4. The molecule has 9 heteroatoms. The first-order chi connectivity index (χ1) is 14.1. The van der Waals surface area contributed by atoms with Gasteiger partial charge in [-0.3, -0.25) is 0 Å². The minimum absolute atomic E-state index is 0.0542. The van der Waals surface area contributed by atoms with E-state index in [-0.39, 0.29) is 11.0 Å². The summed E-state index contributed by atoms with van der Waals surface area (Å²) in [5.74, 6) is 0. The summed E-state index contributed by atoms with van der Waals surface area (Å²) in [4.78, 5) is 0.234. The Morgan fingerprint density at radius 3 is 2.59 bits per heavy atom. The molecule has 1 fully saturated rings. The minimum atomic E-state index is -3.58. The molecule has 0 spiro atoms. The van der Waals surface area contributed by atoms with Gasteiger partial charge in [0.1, 0.15) is 15.9 Å². The van der Waals surface area contributed by atoms with Crippen LogP contribution in [0.2, 0.25) is 0 Å². The lowest BCUT2D eigenvalue weighted by atomic mass is 10.1. The molecule has 4 rings (SSSR count). The quantitative estimate of drug-likeness (QED) is 0.508. The van der Waals surface area contributed by atoms with Crippen molar-refractivity contribution in [2.24, 2.45) is 0 Å². The van der Waals surface area contributed by atoms with Gasteiger partial charge >= 0.3 is 0 Å². The number of nitrogens with zero attached hydrogens (tertiary/aromatic N) is 3. The molecule has 29 heavy (non-hydrogen) atoms. The third kappa shape index (κ3) is 4.81. The van der Waals surface area contributed by atoms with Crippen molar-refractivity contribution in [1.82, 2.24) is 13.1 Å². The van der Waals surface area contributed by atoms with Crippen LogP contribution in [-0.2, 0) is 26.1 Å². The van der Waals surface area contributed by atoms with Gasteiger partial charge in [0.25, 0.3) is 0 Å². The van der Waals surface area contributed by atoms with Gasteiger partial charge in [-0.25, -0.2) is 8.42 Å². The van der Waals surface area contributed by atoms with Crippen molar-refractivity contribution in [3.05, 3.63) is 54.1 Å². The van der Waals surface area contributed by atoms with Gasteiger partial charge in [-0.1, -0.05) is 36.4 Å². The molecular formula is C20H23N3O4S2. The van der Waals surface area contributed by atoms with Gasteiger partial charge in [-0.15, -0.1) is 0 Å². The number of hydrogen-bond acceptors (Lipinski definition) is 7. The van der Waals surface area contributed by atoms with Crippen molar-refractivity contribution in [2.75, 3.05) is 26.3 Å². The van der Waals surface area contributed by atoms with Gasteiger partial charge in [0.05, 0.1) is 37.7 Å². The Hall–Kier alpha value is -1.91. The third-order valence-corrected chi connectivity index (χ3v) is 7.43. The molecule has 0 N–H and O–H groups in total. The summed E-state index contributed by atoms with van der Waals surface area (Å²) in [5, 5.41) is 0. The number of ether oxygens (including phenoxy) is 2. The molecule has 3 aromatic rings. The van der Waals surface area contributed by atoms with E-state index in [0.717, 1.165) is 17.3 Å². The van der Waals surface area contributed by atoms with E-state index in [0.29, 0.717) is 56.8 Å². The van der Waals surface area contributed by atoms with Crippen LogP contribution in [-0.4, -0.2) is 53.9 Å². The van der Waals surface area contributed by atoms with Gasteiger partial charge in [0.15, 0.2) is 0 Å². The topological polar surface area (TPSA) is 81.6 Å². The summed E-state index contributed by atoms with van der Waals surface area (Å²) in [6.45, 7) is 2.47. The lowest BCUT2D eigenvalue weighted by molar-refractivity contribution is -0.0175. The summed E-state index contributed by atoms with van der Waals surface area (Å²) < 4.78 is 47.4. The molecule has 0 bridgehead atoms. The van der Waals surface area contributed by atoms with Crippen molar-refractivity contribution in [3.63, 3.8) is 0 Å². The van der Waals surface area contributed by atoms with E-state index in [1.54, 1.807) is 18.2 Å². The van der Waals surface area contributed by atoms with Crippen molar-refractivity contribution < 1.29 is 17.9 Å². The monoisotopic (exact) mass is 433 g/mol. The number of fused-ring (bicyclic) bond motifs is 1. The number of rotatable bonds is 8. The van der Waals surface area contributed by atoms with E-state index in [1.807, 2.05) is 30.3 Å². The molecule has 0 aliphatic carbocycles. The van der Waals surface area contributed by atoms with Gasteiger partial charge in [0.2, 0.25) is 10.0 Å². The second kappa shape index (κ2) is 9.27. The van der Waals surface area contributed by atoms with Crippen LogP contribution in [0.5, 0.6) is 0 Å². The summed E-state index contributed by atoms with van der Waals surface area (Å²) in [6.07, 6.45) is 1.39. The summed E-state index contributed by atoms with van der Waals surface area (Å²) in [7, 11) is -3.58. The Balaban J connectivity index is 1.24. The molecule has 0 radical (unpaired) electrons. The van der Waals surface area contributed by atoms with E-state index in [4.69, 9.17) is 9.47 Å². The van der Waals surface area contributed by atoms with Crippen LogP contribution in [0.25, 0.3) is 11.0 Å². The Morgan fingerprint density at radius 2 is 1.79 bits per heavy atom. The third-order valence-electron chi connectivity index (χ3n) is 4.96. The van der Waals surface area contributed by atoms with E-state index in [1.165, 1.54) is 4.31 Å². The molecule has 1 saturated heterocycles. The summed E-state index contributed by atoms with van der Waals surface area (Å²) in [6, 6.07) is 15.1. The number of sulfonamides is 1. The maximum atomic E-state index is 13.0. The fourth-order valence-corrected chi connectivity index (χ4v) is 5.63. The van der Waals surface area contributed by atoms with Crippen LogP contribution in [0.15, 0.2) is 53.4 Å². The molecule has 2 aromatic carbocycles. The molecule has 0 saturated carbocycles. The second-order valence-electron chi connectivity index (χ2n) is 6.90. The highest BCUT2D eigenvalue weighted by Crippen LogP contribution is 2.27. The maximum Gasteiger partial charge on any atom is 0.245 e. The highest BCUT2D eigenvalue weighted by Gasteiger charge is 2.31. The normalized spacial score (nSPS) is 16.4. The highest BCUT2D eigenvalue weighted by atomic mass is 32.2. The summed E-state index contributed by atoms with van der Waals surface area (Å²) in [5.41, 5.74) is 2.20. The molecule has 154 valence electrons. The lowest BCUT2D eigenvalue weighted by Gasteiger charge is -2.31. The first-order valence-corrected chi connectivity index (χ1v) is 11.8. The Bertz CT molecular complexity index is 1030. The minimum Gasteiger partial charge on any atom is -0.376 e. The Morgan fingerprint density at radius 1 is 1.00 bits per heavy atom. The van der Waals surface area contributed by atoms with Gasteiger partial charge in [0, 0.05) is 13.1 Å². The van der Waals surface area contributed by atoms with Crippen LogP contribution in [0.1, 0.15) is 18.4 Å². The fraction of sp³-hybridized carbons (Fsp3) is 0.400. The predicted octanol–water partition coefficient (Wildman–Crippen LogP) is 3.08. The lowest BCUT2D eigenvalue weighted by Crippen LogP contribution is -2.41. The fourth-order valence-electron chi connectivity index (χ4n) is 3.41. The van der Waals surface area contributed by atoms with Crippen LogP contribution in [0, 0.1) is 0 Å². The van der Waals surface area contributed by atoms with Crippen molar-refractivity contribution in [3.8, 4) is 0 Å².